The second-order valence-electron chi connectivity index (χ2n) is 4.04. The van der Waals surface area contributed by atoms with Gasteiger partial charge in [0.15, 0.2) is 0 Å². The van der Waals surface area contributed by atoms with Gasteiger partial charge in [0.05, 0.1) is 12.3 Å². The first-order chi connectivity index (χ1) is 7.25. The standard InChI is InChI=1S/C13H16N2/c1-15(2)10-12(13-9-14-13)8-11-6-4-3-5-7-11/h3-7,10H,8-9H2,1-2H3. The fraction of sp³-hybridized carbons (Fsp3) is 0.308. The summed E-state index contributed by atoms with van der Waals surface area (Å²) in [6.07, 6.45) is 3.15. The first kappa shape index (κ1) is 9.97. The minimum absolute atomic E-state index is 0.923. The Bertz CT molecular complexity index is 388. The number of rotatable bonds is 4. The zero-order chi connectivity index (χ0) is 10.7. The normalized spacial score (nSPS) is 14.8. The van der Waals surface area contributed by atoms with E-state index in [0.717, 1.165) is 13.0 Å². The molecule has 1 aromatic rings. The SMILES string of the molecule is CN(C)C=C(Cc1ccccc1)C1=NC1. The van der Waals surface area contributed by atoms with E-state index >= 15 is 0 Å². The van der Waals surface area contributed by atoms with Gasteiger partial charge in [0.1, 0.15) is 0 Å². The predicted molar refractivity (Wildman–Crippen MR) is 64.2 cm³/mol. The molecule has 0 unspecified atom stereocenters. The lowest BCUT2D eigenvalue weighted by Gasteiger charge is -2.09. The van der Waals surface area contributed by atoms with E-state index in [0.29, 0.717) is 0 Å². The summed E-state index contributed by atoms with van der Waals surface area (Å²) in [4.78, 5) is 6.36. The molecule has 0 amide bonds. The third kappa shape index (κ3) is 2.94. The van der Waals surface area contributed by atoms with Crippen molar-refractivity contribution in [2.45, 2.75) is 6.42 Å². The van der Waals surface area contributed by atoms with Crippen molar-refractivity contribution in [3.8, 4) is 0 Å². The summed E-state index contributed by atoms with van der Waals surface area (Å²) in [6.45, 7) is 0.923. The van der Waals surface area contributed by atoms with E-state index in [2.05, 4.69) is 40.4 Å². The third-order valence-electron chi connectivity index (χ3n) is 2.34. The second-order valence-corrected chi connectivity index (χ2v) is 4.04. The fourth-order valence-corrected chi connectivity index (χ4v) is 1.59. The molecular formula is C13H16N2. The van der Waals surface area contributed by atoms with Crippen LogP contribution in [0.4, 0.5) is 0 Å². The van der Waals surface area contributed by atoms with E-state index in [1.807, 2.05) is 20.2 Å². The number of nitrogens with zero attached hydrogens (tertiary/aromatic N) is 2. The second kappa shape index (κ2) is 4.30. The van der Waals surface area contributed by atoms with Crippen LogP contribution in [0.25, 0.3) is 0 Å². The van der Waals surface area contributed by atoms with Gasteiger partial charge in [0.25, 0.3) is 0 Å². The van der Waals surface area contributed by atoms with Gasteiger partial charge in [-0.1, -0.05) is 30.3 Å². The molecule has 0 bridgehead atoms. The van der Waals surface area contributed by atoms with E-state index < -0.39 is 0 Å². The maximum absolute atomic E-state index is 4.27. The molecule has 2 heteroatoms. The van der Waals surface area contributed by atoms with E-state index in [-0.39, 0.29) is 0 Å². The molecule has 0 aliphatic carbocycles. The van der Waals surface area contributed by atoms with Crippen LogP contribution in [0, 0.1) is 0 Å². The van der Waals surface area contributed by atoms with E-state index in [4.69, 9.17) is 0 Å². The largest absolute Gasteiger partial charge is 0.383 e. The topological polar surface area (TPSA) is 15.6 Å². The molecule has 0 N–H and O–H groups in total. The third-order valence-corrected chi connectivity index (χ3v) is 2.34. The summed E-state index contributed by atoms with van der Waals surface area (Å²) in [5, 5.41) is 0. The monoisotopic (exact) mass is 200 g/mol. The smallest absolute Gasteiger partial charge is 0.0815 e. The lowest BCUT2D eigenvalue weighted by atomic mass is 10.0. The van der Waals surface area contributed by atoms with Gasteiger partial charge in [-0.15, -0.1) is 0 Å². The quantitative estimate of drug-likeness (QED) is 0.727. The molecular weight excluding hydrogens is 184 g/mol. The zero-order valence-corrected chi connectivity index (χ0v) is 9.27. The van der Waals surface area contributed by atoms with Gasteiger partial charge in [-0.25, -0.2) is 0 Å². The highest BCUT2D eigenvalue weighted by atomic mass is 15.0. The van der Waals surface area contributed by atoms with Crippen LogP contribution in [0.15, 0.2) is 47.1 Å². The molecule has 2 rings (SSSR count). The maximum atomic E-state index is 4.27. The molecule has 1 heterocycles. The van der Waals surface area contributed by atoms with Crippen LogP contribution >= 0.6 is 0 Å². The number of hydrogen-bond acceptors (Lipinski definition) is 2. The molecule has 1 aliphatic heterocycles. The van der Waals surface area contributed by atoms with Gasteiger partial charge in [-0.2, -0.15) is 0 Å². The van der Waals surface area contributed by atoms with Gasteiger partial charge in [-0.05, 0) is 11.1 Å². The number of benzene rings is 1. The van der Waals surface area contributed by atoms with E-state index in [1.165, 1.54) is 16.8 Å². The van der Waals surface area contributed by atoms with Crippen LogP contribution in [0.1, 0.15) is 5.56 Å². The molecule has 1 aliphatic rings. The van der Waals surface area contributed by atoms with Gasteiger partial charge in [0.2, 0.25) is 0 Å². The Balaban J connectivity index is 2.11. The van der Waals surface area contributed by atoms with Crippen LogP contribution in [-0.2, 0) is 6.42 Å². The average Bonchev–Trinajstić information content (AvgIpc) is 3.01. The highest BCUT2D eigenvalue weighted by Gasteiger charge is 2.16. The first-order valence-corrected chi connectivity index (χ1v) is 5.20. The Labute approximate surface area is 90.9 Å². The Morgan fingerprint density at radius 3 is 2.53 bits per heavy atom. The Morgan fingerprint density at radius 2 is 2.00 bits per heavy atom. The molecule has 0 saturated carbocycles. The van der Waals surface area contributed by atoms with Crippen molar-refractivity contribution in [1.82, 2.24) is 4.90 Å². The Morgan fingerprint density at radius 1 is 1.33 bits per heavy atom. The van der Waals surface area contributed by atoms with E-state index in [9.17, 15) is 0 Å². The van der Waals surface area contributed by atoms with Crippen LogP contribution < -0.4 is 0 Å². The van der Waals surface area contributed by atoms with Crippen molar-refractivity contribution < 1.29 is 0 Å². The highest BCUT2D eigenvalue weighted by Crippen LogP contribution is 2.16. The molecule has 1 aromatic carbocycles. The van der Waals surface area contributed by atoms with Gasteiger partial charge in [-0.3, -0.25) is 4.99 Å². The minimum Gasteiger partial charge on any atom is -0.383 e. The van der Waals surface area contributed by atoms with Crippen LogP contribution in [0.2, 0.25) is 0 Å². The molecule has 0 atom stereocenters. The first-order valence-electron chi connectivity index (χ1n) is 5.20. The molecule has 15 heavy (non-hydrogen) atoms. The summed E-state index contributed by atoms with van der Waals surface area (Å²) in [5.74, 6) is 0. The Kier molecular flexibility index (Phi) is 2.86. The van der Waals surface area contributed by atoms with Crippen molar-refractivity contribution in [2.24, 2.45) is 4.99 Å². The van der Waals surface area contributed by atoms with Gasteiger partial charge < -0.3 is 4.90 Å². The minimum atomic E-state index is 0.923. The highest BCUT2D eigenvalue weighted by molar-refractivity contribution is 6.10. The summed E-state index contributed by atoms with van der Waals surface area (Å²) < 4.78 is 0. The van der Waals surface area contributed by atoms with Crippen LogP contribution in [0.3, 0.4) is 0 Å². The lowest BCUT2D eigenvalue weighted by Crippen LogP contribution is -2.07. The molecule has 0 aromatic heterocycles. The maximum Gasteiger partial charge on any atom is 0.0815 e. The molecule has 0 radical (unpaired) electrons. The summed E-state index contributed by atoms with van der Waals surface area (Å²) in [5.41, 5.74) is 3.94. The predicted octanol–water partition coefficient (Wildman–Crippen LogP) is 2.13. The fourth-order valence-electron chi connectivity index (χ4n) is 1.59. The average molecular weight is 200 g/mol. The molecule has 78 valence electrons. The van der Waals surface area contributed by atoms with Crippen molar-refractivity contribution in [1.29, 1.82) is 0 Å². The lowest BCUT2D eigenvalue weighted by molar-refractivity contribution is 0.559. The zero-order valence-electron chi connectivity index (χ0n) is 9.27. The van der Waals surface area contributed by atoms with Crippen molar-refractivity contribution in [2.75, 3.05) is 20.6 Å². The van der Waals surface area contributed by atoms with Gasteiger partial charge in [0, 0.05) is 26.7 Å². The van der Waals surface area contributed by atoms with E-state index in [1.54, 1.807) is 0 Å². The molecule has 0 fully saturated rings. The Hall–Kier alpha value is -1.57. The van der Waals surface area contributed by atoms with Crippen molar-refractivity contribution in [3.63, 3.8) is 0 Å². The molecule has 2 nitrogen and oxygen atoms in total. The molecule has 0 saturated heterocycles. The van der Waals surface area contributed by atoms with Gasteiger partial charge >= 0.3 is 0 Å². The van der Waals surface area contributed by atoms with Crippen molar-refractivity contribution in [3.05, 3.63) is 47.7 Å². The molecule has 0 spiro atoms. The summed E-state index contributed by atoms with van der Waals surface area (Å²) in [6, 6.07) is 10.5. The van der Waals surface area contributed by atoms with Crippen molar-refractivity contribution >= 4 is 5.71 Å². The summed E-state index contributed by atoms with van der Waals surface area (Å²) in [7, 11) is 4.10. The van der Waals surface area contributed by atoms with Crippen LogP contribution in [0.5, 0.6) is 0 Å². The van der Waals surface area contributed by atoms with Crippen LogP contribution in [-0.4, -0.2) is 31.3 Å². The summed E-state index contributed by atoms with van der Waals surface area (Å²) >= 11 is 0. The number of hydrogen-bond donors (Lipinski definition) is 0. The number of aliphatic imine (C=N–C) groups is 1.